The fourth-order valence-corrected chi connectivity index (χ4v) is 2.11. The Bertz CT molecular complexity index is 235. The summed E-state index contributed by atoms with van der Waals surface area (Å²) in [5.41, 5.74) is 0. The van der Waals surface area contributed by atoms with Gasteiger partial charge in [0.25, 0.3) is 0 Å². The lowest BCUT2D eigenvalue weighted by Crippen LogP contribution is -2.53. The summed E-state index contributed by atoms with van der Waals surface area (Å²) >= 11 is 0. The van der Waals surface area contributed by atoms with Gasteiger partial charge in [0.05, 0.1) is 25.9 Å². The fraction of sp³-hybridized carbons (Fsp3) is 0.909. The molecule has 0 aromatic rings. The van der Waals surface area contributed by atoms with E-state index < -0.39 is 0 Å². The third-order valence-corrected chi connectivity index (χ3v) is 3.13. The summed E-state index contributed by atoms with van der Waals surface area (Å²) in [6.07, 6.45) is 1.85. The Morgan fingerprint density at radius 2 is 2.06 bits per heavy atom. The number of carbonyl (C=O) groups is 1. The van der Waals surface area contributed by atoms with Crippen LogP contribution in [0.2, 0.25) is 0 Å². The van der Waals surface area contributed by atoms with Crippen molar-refractivity contribution in [2.45, 2.75) is 31.8 Å². The van der Waals surface area contributed by atoms with Gasteiger partial charge < -0.3 is 19.7 Å². The number of carbonyl (C=O) groups excluding carboxylic acids is 1. The van der Waals surface area contributed by atoms with Gasteiger partial charge in [0.15, 0.2) is 0 Å². The first-order valence-electron chi connectivity index (χ1n) is 6.05. The molecule has 2 fully saturated rings. The molecule has 0 spiro atoms. The van der Waals surface area contributed by atoms with Crippen LogP contribution in [0.3, 0.4) is 0 Å². The molecule has 1 N–H and O–H groups in total. The lowest BCUT2D eigenvalue weighted by atomic mass is 10.0. The Labute approximate surface area is 96.1 Å². The SMILES string of the molecule is CCOC(=O)N1CCC(NC2COC2)CC1. The molecular formula is C11H20N2O3. The van der Waals surface area contributed by atoms with Crippen LogP contribution in [-0.4, -0.2) is 56.0 Å². The molecule has 0 aromatic carbocycles. The van der Waals surface area contributed by atoms with Crippen molar-refractivity contribution in [1.82, 2.24) is 10.2 Å². The van der Waals surface area contributed by atoms with Gasteiger partial charge in [-0.3, -0.25) is 0 Å². The van der Waals surface area contributed by atoms with Crippen molar-refractivity contribution in [3.8, 4) is 0 Å². The lowest BCUT2D eigenvalue weighted by Gasteiger charge is -2.36. The van der Waals surface area contributed by atoms with E-state index in [1.807, 2.05) is 6.92 Å². The lowest BCUT2D eigenvalue weighted by molar-refractivity contribution is -0.0135. The molecule has 0 saturated carbocycles. The molecule has 5 nitrogen and oxygen atoms in total. The highest BCUT2D eigenvalue weighted by molar-refractivity contribution is 5.67. The van der Waals surface area contributed by atoms with Gasteiger partial charge >= 0.3 is 6.09 Å². The number of rotatable bonds is 3. The van der Waals surface area contributed by atoms with E-state index >= 15 is 0 Å². The van der Waals surface area contributed by atoms with Gasteiger partial charge in [0.1, 0.15) is 0 Å². The van der Waals surface area contributed by atoms with Crippen molar-refractivity contribution in [2.24, 2.45) is 0 Å². The molecule has 92 valence electrons. The van der Waals surface area contributed by atoms with Crippen molar-refractivity contribution in [3.63, 3.8) is 0 Å². The number of hydrogen-bond donors (Lipinski definition) is 1. The average Bonchev–Trinajstić information content (AvgIpc) is 2.25. The van der Waals surface area contributed by atoms with E-state index in [0.29, 0.717) is 18.7 Å². The van der Waals surface area contributed by atoms with Gasteiger partial charge in [-0.25, -0.2) is 4.79 Å². The molecule has 0 radical (unpaired) electrons. The van der Waals surface area contributed by atoms with E-state index in [1.54, 1.807) is 4.90 Å². The number of likely N-dealkylation sites (tertiary alicyclic amines) is 1. The largest absolute Gasteiger partial charge is 0.450 e. The van der Waals surface area contributed by atoms with Crippen LogP contribution >= 0.6 is 0 Å². The van der Waals surface area contributed by atoms with E-state index in [0.717, 1.165) is 39.1 Å². The maximum atomic E-state index is 11.5. The summed E-state index contributed by atoms with van der Waals surface area (Å²) in [6.45, 7) is 5.55. The molecule has 0 bridgehead atoms. The van der Waals surface area contributed by atoms with Crippen LogP contribution in [0.4, 0.5) is 4.79 Å². The number of nitrogens with one attached hydrogen (secondary N) is 1. The summed E-state index contributed by atoms with van der Waals surface area (Å²) in [4.78, 5) is 13.2. The number of hydrogen-bond acceptors (Lipinski definition) is 4. The summed E-state index contributed by atoms with van der Waals surface area (Å²) in [5.74, 6) is 0. The van der Waals surface area contributed by atoms with E-state index in [1.165, 1.54) is 0 Å². The Morgan fingerprint density at radius 3 is 2.56 bits per heavy atom. The Morgan fingerprint density at radius 1 is 1.38 bits per heavy atom. The molecule has 2 heterocycles. The second-order valence-corrected chi connectivity index (χ2v) is 4.36. The van der Waals surface area contributed by atoms with Gasteiger partial charge in [-0.05, 0) is 19.8 Å². The smallest absolute Gasteiger partial charge is 0.409 e. The summed E-state index contributed by atoms with van der Waals surface area (Å²) < 4.78 is 10.1. The molecule has 5 heteroatoms. The van der Waals surface area contributed by atoms with Crippen molar-refractivity contribution in [1.29, 1.82) is 0 Å². The quantitative estimate of drug-likeness (QED) is 0.768. The highest BCUT2D eigenvalue weighted by Gasteiger charge is 2.27. The minimum Gasteiger partial charge on any atom is -0.450 e. The van der Waals surface area contributed by atoms with E-state index in [-0.39, 0.29) is 6.09 Å². The van der Waals surface area contributed by atoms with Crippen molar-refractivity contribution in [2.75, 3.05) is 32.9 Å². The van der Waals surface area contributed by atoms with Crippen LogP contribution in [0.25, 0.3) is 0 Å². The molecule has 0 unspecified atom stereocenters. The Hall–Kier alpha value is -0.810. The molecule has 16 heavy (non-hydrogen) atoms. The minimum absolute atomic E-state index is 0.173. The van der Waals surface area contributed by atoms with Gasteiger partial charge in [-0.2, -0.15) is 0 Å². The Kier molecular flexibility index (Phi) is 4.01. The highest BCUT2D eigenvalue weighted by Crippen LogP contribution is 2.13. The zero-order valence-electron chi connectivity index (χ0n) is 9.78. The first kappa shape index (κ1) is 11.7. The third-order valence-electron chi connectivity index (χ3n) is 3.13. The van der Waals surface area contributed by atoms with Gasteiger partial charge in [-0.15, -0.1) is 0 Å². The predicted molar refractivity (Wildman–Crippen MR) is 59.4 cm³/mol. The summed E-state index contributed by atoms with van der Waals surface area (Å²) in [7, 11) is 0. The van der Waals surface area contributed by atoms with Crippen molar-refractivity contribution >= 4 is 6.09 Å². The predicted octanol–water partition coefficient (Wildman–Crippen LogP) is 0.596. The third kappa shape index (κ3) is 2.86. The maximum Gasteiger partial charge on any atom is 0.409 e. The maximum absolute atomic E-state index is 11.5. The number of amides is 1. The zero-order chi connectivity index (χ0) is 11.4. The summed E-state index contributed by atoms with van der Waals surface area (Å²) in [5, 5.41) is 3.54. The molecule has 0 atom stereocenters. The van der Waals surface area contributed by atoms with Crippen LogP contribution in [0.5, 0.6) is 0 Å². The highest BCUT2D eigenvalue weighted by atomic mass is 16.6. The Balaban J connectivity index is 1.67. The normalized spacial score (nSPS) is 22.9. The fourth-order valence-electron chi connectivity index (χ4n) is 2.11. The molecule has 0 aliphatic carbocycles. The molecule has 2 aliphatic rings. The average molecular weight is 228 g/mol. The topological polar surface area (TPSA) is 50.8 Å². The summed E-state index contributed by atoms with van der Waals surface area (Å²) in [6, 6.07) is 1.05. The number of piperidine rings is 1. The van der Waals surface area contributed by atoms with E-state index in [4.69, 9.17) is 9.47 Å². The first-order chi connectivity index (χ1) is 7.79. The van der Waals surface area contributed by atoms with Crippen LogP contribution in [-0.2, 0) is 9.47 Å². The molecule has 1 amide bonds. The molecular weight excluding hydrogens is 208 g/mol. The number of nitrogens with zero attached hydrogens (tertiary/aromatic N) is 1. The monoisotopic (exact) mass is 228 g/mol. The first-order valence-corrected chi connectivity index (χ1v) is 6.05. The zero-order valence-corrected chi connectivity index (χ0v) is 9.78. The van der Waals surface area contributed by atoms with E-state index in [2.05, 4.69) is 5.32 Å². The van der Waals surface area contributed by atoms with Gasteiger partial charge in [0, 0.05) is 19.1 Å². The molecule has 0 aromatic heterocycles. The van der Waals surface area contributed by atoms with Gasteiger partial charge in [0.2, 0.25) is 0 Å². The van der Waals surface area contributed by atoms with Crippen LogP contribution < -0.4 is 5.32 Å². The number of ether oxygens (including phenoxy) is 2. The van der Waals surface area contributed by atoms with E-state index in [9.17, 15) is 4.79 Å². The van der Waals surface area contributed by atoms with Crippen molar-refractivity contribution in [3.05, 3.63) is 0 Å². The van der Waals surface area contributed by atoms with Crippen LogP contribution in [0.15, 0.2) is 0 Å². The second kappa shape index (κ2) is 5.50. The second-order valence-electron chi connectivity index (χ2n) is 4.36. The molecule has 2 aliphatic heterocycles. The minimum atomic E-state index is -0.173. The van der Waals surface area contributed by atoms with Crippen LogP contribution in [0, 0.1) is 0 Å². The molecule has 2 rings (SSSR count). The van der Waals surface area contributed by atoms with Crippen molar-refractivity contribution < 1.29 is 14.3 Å². The van der Waals surface area contributed by atoms with Gasteiger partial charge in [-0.1, -0.05) is 0 Å². The van der Waals surface area contributed by atoms with Crippen LogP contribution in [0.1, 0.15) is 19.8 Å². The standard InChI is InChI=1S/C11H20N2O3/c1-2-16-11(14)13-5-3-9(4-6-13)12-10-7-15-8-10/h9-10,12H,2-8H2,1H3. The molecule has 2 saturated heterocycles.